The van der Waals surface area contributed by atoms with Crippen molar-refractivity contribution in [2.75, 3.05) is 6.54 Å². The highest BCUT2D eigenvalue weighted by Crippen LogP contribution is 2.20. The molecule has 0 aliphatic carbocycles. The van der Waals surface area contributed by atoms with Crippen molar-refractivity contribution in [1.29, 1.82) is 0 Å². The first-order valence-electron chi connectivity index (χ1n) is 17.7. The van der Waals surface area contributed by atoms with Crippen molar-refractivity contribution in [3.8, 4) is 11.8 Å². The zero-order chi connectivity index (χ0) is 36.5. The zero-order valence-corrected chi connectivity index (χ0v) is 30.4. The molecule has 0 fully saturated rings. The van der Waals surface area contributed by atoms with Gasteiger partial charge in [-0.2, -0.15) is 0 Å². The minimum atomic E-state index is -0.779. The van der Waals surface area contributed by atoms with Gasteiger partial charge < -0.3 is 29.4 Å². The number of amides is 1. The number of hydrogen-bond acceptors (Lipinski definition) is 9. The van der Waals surface area contributed by atoms with Gasteiger partial charge in [0.05, 0.1) is 12.0 Å². The van der Waals surface area contributed by atoms with Gasteiger partial charge in [-0.25, -0.2) is 4.79 Å². The van der Waals surface area contributed by atoms with Gasteiger partial charge in [-0.3, -0.25) is 14.4 Å². The van der Waals surface area contributed by atoms with Gasteiger partial charge in [0.1, 0.15) is 11.2 Å². The molecular weight excluding hydrogens is 628 g/mol. The van der Waals surface area contributed by atoms with Crippen LogP contribution in [0.15, 0.2) is 36.4 Å². The van der Waals surface area contributed by atoms with E-state index >= 15 is 0 Å². The summed E-state index contributed by atoms with van der Waals surface area (Å²) < 4.78 is 11.4. The Bertz CT molecular complexity index is 1300. The Morgan fingerprint density at radius 1 is 0.612 bits per heavy atom. The van der Waals surface area contributed by atoms with Crippen molar-refractivity contribution >= 4 is 23.8 Å². The van der Waals surface area contributed by atoms with E-state index in [0.717, 1.165) is 50.5 Å². The Balaban J connectivity index is 1.74. The van der Waals surface area contributed by atoms with Crippen molar-refractivity contribution in [3.63, 3.8) is 0 Å². The molecule has 1 amide bonds. The van der Waals surface area contributed by atoms with E-state index in [0.29, 0.717) is 17.6 Å². The number of hydrogen-bond donors (Lipinski definition) is 2. The maximum atomic E-state index is 13.3. The van der Waals surface area contributed by atoms with Crippen LogP contribution in [0, 0.1) is 0 Å². The fraction of sp³-hybridized carbons (Fsp3) is 0.632. The summed E-state index contributed by atoms with van der Waals surface area (Å²) in [6, 6.07) is 8.86. The first-order valence-corrected chi connectivity index (χ1v) is 17.7. The lowest BCUT2D eigenvalue weighted by Gasteiger charge is -2.24. The van der Waals surface area contributed by atoms with E-state index < -0.39 is 28.9 Å². The number of carbonyl (C=O) groups excluding carboxylic acids is 4. The van der Waals surface area contributed by atoms with Crippen molar-refractivity contribution in [3.05, 3.63) is 47.5 Å². The maximum Gasteiger partial charge on any atom is 0.363 e. The minimum absolute atomic E-state index is 0.0442. The fourth-order valence-corrected chi connectivity index (χ4v) is 5.20. The lowest BCUT2D eigenvalue weighted by molar-refractivity contribution is -0.156. The van der Waals surface area contributed by atoms with Gasteiger partial charge in [0, 0.05) is 38.1 Å². The van der Waals surface area contributed by atoms with E-state index in [9.17, 15) is 29.4 Å². The number of esters is 2. The van der Waals surface area contributed by atoms with Gasteiger partial charge in [0.2, 0.25) is 17.7 Å². The summed E-state index contributed by atoms with van der Waals surface area (Å²) in [4.78, 5) is 56.6. The molecule has 2 rings (SSSR count). The van der Waals surface area contributed by atoms with Crippen LogP contribution in [0.5, 0.6) is 11.8 Å². The summed E-state index contributed by atoms with van der Waals surface area (Å²) >= 11 is 0. The molecule has 1 heterocycles. The molecule has 0 saturated carbocycles. The number of aromatic nitrogens is 1. The third-order valence-corrected chi connectivity index (χ3v) is 7.59. The van der Waals surface area contributed by atoms with Crippen molar-refractivity contribution in [2.24, 2.45) is 0 Å². The van der Waals surface area contributed by atoms with Gasteiger partial charge in [0.15, 0.2) is 0 Å². The van der Waals surface area contributed by atoms with Crippen LogP contribution in [-0.4, -0.2) is 61.4 Å². The summed E-state index contributed by atoms with van der Waals surface area (Å²) in [6.45, 7) is 11.5. The highest BCUT2D eigenvalue weighted by molar-refractivity contribution is 5.89. The summed E-state index contributed by atoms with van der Waals surface area (Å²) in [7, 11) is 0. The largest absolute Gasteiger partial charge is 0.492 e. The standard InChI is InChI=1S/C38H58N2O9/c1-37(2,3)47-34(44)19-17-15-13-11-9-7-8-10-12-14-16-18-31(41)39(27-26-35(45)48-38(4,5)6)28-29-20-22-30(23-21-29)36(46)49-40-32(42)24-25-33(40)43/h20-25,42-43H,7-19,26-28H2,1-6H3. The number of aromatic hydroxyl groups is 2. The molecule has 2 N–H and O–H groups in total. The molecule has 274 valence electrons. The number of nitrogens with zero attached hydrogens (tertiary/aromatic N) is 2. The molecule has 0 aliphatic rings. The lowest BCUT2D eigenvalue weighted by Crippen LogP contribution is -2.34. The van der Waals surface area contributed by atoms with E-state index in [2.05, 4.69) is 0 Å². The van der Waals surface area contributed by atoms with Crippen LogP contribution in [0.25, 0.3) is 0 Å². The Kier molecular flexibility index (Phi) is 17.2. The Labute approximate surface area is 291 Å². The molecule has 2 aromatic rings. The molecule has 1 aromatic heterocycles. The third kappa shape index (κ3) is 17.8. The normalized spacial score (nSPS) is 11.6. The van der Waals surface area contributed by atoms with Crippen molar-refractivity contribution in [2.45, 2.75) is 149 Å². The van der Waals surface area contributed by atoms with Crippen molar-refractivity contribution in [1.82, 2.24) is 9.63 Å². The second kappa shape index (κ2) is 20.5. The minimum Gasteiger partial charge on any atom is -0.492 e. The van der Waals surface area contributed by atoms with Crippen molar-refractivity contribution < 1.29 is 43.7 Å². The average Bonchev–Trinajstić information content (AvgIpc) is 3.32. The number of carbonyl (C=O) groups is 4. The second-order valence-electron chi connectivity index (χ2n) is 14.5. The quantitative estimate of drug-likeness (QED) is 0.1000. The molecule has 11 nitrogen and oxygen atoms in total. The molecular formula is C38H58N2O9. The topological polar surface area (TPSA) is 145 Å². The summed E-state index contributed by atoms with van der Waals surface area (Å²) in [6.07, 6.45) is 12.7. The van der Waals surface area contributed by atoms with E-state index in [1.165, 1.54) is 37.8 Å². The number of benzene rings is 1. The Hall–Kier alpha value is -4.02. The third-order valence-electron chi connectivity index (χ3n) is 7.59. The smallest absolute Gasteiger partial charge is 0.363 e. The van der Waals surface area contributed by atoms with Gasteiger partial charge in [-0.15, -0.1) is 4.73 Å². The summed E-state index contributed by atoms with van der Waals surface area (Å²) in [5.74, 6) is -2.15. The van der Waals surface area contributed by atoms with E-state index in [-0.39, 0.29) is 42.9 Å². The molecule has 49 heavy (non-hydrogen) atoms. The van der Waals surface area contributed by atoms with Crippen LogP contribution in [-0.2, 0) is 30.4 Å². The molecule has 0 atom stereocenters. The SMILES string of the molecule is CC(C)(C)OC(=O)CCCCCCCCCCCCCC(=O)N(CCC(=O)OC(C)(C)C)Cc1ccc(C(=O)On2c(O)ccc2O)cc1. The van der Waals surface area contributed by atoms with Crippen LogP contribution in [0.3, 0.4) is 0 Å². The highest BCUT2D eigenvalue weighted by atomic mass is 16.7. The summed E-state index contributed by atoms with van der Waals surface area (Å²) in [5.41, 5.74) is -0.0766. The second-order valence-corrected chi connectivity index (χ2v) is 14.5. The molecule has 1 aromatic carbocycles. The van der Waals surface area contributed by atoms with Crippen LogP contribution < -0.4 is 4.84 Å². The Morgan fingerprint density at radius 2 is 1.04 bits per heavy atom. The molecule has 11 heteroatoms. The van der Waals surface area contributed by atoms with Crippen LogP contribution in [0.4, 0.5) is 0 Å². The lowest BCUT2D eigenvalue weighted by atomic mass is 10.0. The molecule has 0 saturated heterocycles. The molecule has 0 spiro atoms. The van der Waals surface area contributed by atoms with Crippen LogP contribution in [0.1, 0.15) is 147 Å². The average molecular weight is 687 g/mol. The molecule has 0 bridgehead atoms. The highest BCUT2D eigenvalue weighted by Gasteiger charge is 2.21. The number of ether oxygens (including phenoxy) is 2. The van der Waals surface area contributed by atoms with Gasteiger partial charge in [-0.1, -0.05) is 69.9 Å². The first-order chi connectivity index (χ1) is 23.0. The predicted molar refractivity (Wildman–Crippen MR) is 187 cm³/mol. The van der Waals surface area contributed by atoms with Gasteiger partial charge >= 0.3 is 17.9 Å². The number of rotatable bonds is 21. The van der Waals surface area contributed by atoms with E-state index in [4.69, 9.17) is 14.3 Å². The predicted octanol–water partition coefficient (Wildman–Crippen LogP) is 7.64. The monoisotopic (exact) mass is 686 g/mol. The van der Waals surface area contributed by atoms with E-state index in [1.54, 1.807) is 49.9 Å². The molecule has 0 unspecified atom stereocenters. The maximum absolute atomic E-state index is 13.3. The molecule has 0 radical (unpaired) electrons. The number of unbranched alkanes of at least 4 members (excludes halogenated alkanes) is 10. The summed E-state index contributed by atoms with van der Waals surface area (Å²) in [5, 5.41) is 19.4. The Morgan fingerprint density at radius 3 is 1.51 bits per heavy atom. The first kappa shape index (κ1) is 41.2. The van der Waals surface area contributed by atoms with E-state index in [1.807, 2.05) is 20.8 Å². The van der Waals surface area contributed by atoms with Crippen LogP contribution in [0.2, 0.25) is 0 Å². The van der Waals surface area contributed by atoms with Gasteiger partial charge in [0.25, 0.3) is 0 Å². The molecule has 0 aliphatic heterocycles. The van der Waals surface area contributed by atoms with Gasteiger partial charge in [-0.05, 0) is 72.1 Å². The fourth-order valence-electron chi connectivity index (χ4n) is 5.20. The van der Waals surface area contributed by atoms with Crippen LogP contribution >= 0.6 is 0 Å². The zero-order valence-electron chi connectivity index (χ0n) is 30.4.